The maximum Gasteiger partial charge on any atom is 0.133 e. The SMILES string of the molecule is Cc1cnc([C@@H]2CCCN(Cc3cc(C)on3)C2)[nH]1. The molecule has 0 unspecified atom stereocenters. The summed E-state index contributed by atoms with van der Waals surface area (Å²) < 4.78 is 5.13. The van der Waals surface area contributed by atoms with E-state index in [9.17, 15) is 0 Å². The van der Waals surface area contributed by atoms with E-state index in [-0.39, 0.29) is 0 Å². The van der Waals surface area contributed by atoms with Crippen LogP contribution in [0, 0.1) is 13.8 Å². The van der Waals surface area contributed by atoms with Crippen LogP contribution in [0.25, 0.3) is 0 Å². The summed E-state index contributed by atoms with van der Waals surface area (Å²) in [6.07, 6.45) is 4.33. The predicted octanol–water partition coefficient (Wildman–Crippen LogP) is 2.39. The Morgan fingerprint density at radius 1 is 1.47 bits per heavy atom. The van der Waals surface area contributed by atoms with Gasteiger partial charge in [-0.2, -0.15) is 0 Å². The molecule has 3 rings (SSSR count). The van der Waals surface area contributed by atoms with E-state index >= 15 is 0 Å². The summed E-state index contributed by atoms with van der Waals surface area (Å²) in [4.78, 5) is 10.3. The summed E-state index contributed by atoms with van der Waals surface area (Å²) in [7, 11) is 0. The molecular formula is C14H20N4O. The van der Waals surface area contributed by atoms with Crippen molar-refractivity contribution < 1.29 is 4.52 Å². The Kier molecular flexibility index (Phi) is 3.38. The van der Waals surface area contributed by atoms with Gasteiger partial charge in [-0.1, -0.05) is 5.16 Å². The lowest BCUT2D eigenvalue weighted by atomic mass is 9.97. The van der Waals surface area contributed by atoms with E-state index in [2.05, 4.69) is 26.9 Å². The highest BCUT2D eigenvalue weighted by atomic mass is 16.5. The van der Waals surface area contributed by atoms with Gasteiger partial charge in [0.1, 0.15) is 11.6 Å². The molecule has 1 aliphatic rings. The molecule has 0 aromatic carbocycles. The summed E-state index contributed by atoms with van der Waals surface area (Å²) in [5.41, 5.74) is 2.16. The number of hydrogen-bond acceptors (Lipinski definition) is 4. The van der Waals surface area contributed by atoms with Crippen LogP contribution in [0.1, 0.15) is 41.7 Å². The molecule has 1 saturated heterocycles. The molecule has 1 fully saturated rings. The number of piperidine rings is 1. The number of aromatic amines is 1. The summed E-state index contributed by atoms with van der Waals surface area (Å²) in [5, 5.41) is 4.07. The minimum Gasteiger partial charge on any atom is -0.361 e. The largest absolute Gasteiger partial charge is 0.361 e. The smallest absolute Gasteiger partial charge is 0.133 e. The van der Waals surface area contributed by atoms with E-state index in [1.165, 1.54) is 12.8 Å². The summed E-state index contributed by atoms with van der Waals surface area (Å²) in [6, 6.07) is 2.01. The van der Waals surface area contributed by atoms with Crippen LogP contribution >= 0.6 is 0 Å². The zero-order valence-corrected chi connectivity index (χ0v) is 11.5. The lowest BCUT2D eigenvalue weighted by Crippen LogP contribution is -2.34. The van der Waals surface area contributed by atoms with Crippen molar-refractivity contribution in [3.05, 3.63) is 35.2 Å². The fraction of sp³-hybridized carbons (Fsp3) is 0.571. The van der Waals surface area contributed by atoms with Gasteiger partial charge in [0, 0.05) is 37.0 Å². The number of likely N-dealkylation sites (tertiary alicyclic amines) is 1. The lowest BCUT2D eigenvalue weighted by molar-refractivity contribution is 0.192. The molecule has 0 bridgehead atoms. The number of hydrogen-bond donors (Lipinski definition) is 1. The van der Waals surface area contributed by atoms with E-state index in [0.29, 0.717) is 5.92 Å². The van der Waals surface area contributed by atoms with Crippen LogP contribution in [0.5, 0.6) is 0 Å². The Balaban J connectivity index is 1.64. The van der Waals surface area contributed by atoms with Crippen LogP contribution in [0.4, 0.5) is 0 Å². The number of imidazole rings is 1. The lowest BCUT2D eigenvalue weighted by Gasteiger charge is -2.31. The molecule has 0 amide bonds. The average molecular weight is 260 g/mol. The molecule has 0 spiro atoms. The van der Waals surface area contributed by atoms with Gasteiger partial charge in [-0.05, 0) is 33.2 Å². The fourth-order valence-corrected chi connectivity index (χ4v) is 2.78. The molecule has 102 valence electrons. The molecule has 0 aliphatic carbocycles. The quantitative estimate of drug-likeness (QED) is 0.920. The second-order valence-corrected chi connectivity index (χ2v) is 5.45. The summed E-state index contributed by atoms with van der Waals surface area (Å²) in [6.45, 7) is 7.02. The highest BCUT2D eigenvalue weighted by Crippen LogP contribution is 2.25. The van der Waals surface area contributed by atoms with E-state index < -0.39 is 0 Å². The van der Waals surface area contributed by atoms with Crippen molar-refractivity contribution in [3.8, 4) is 0 Å². The zero-order valence-electron chi connectivity index (χ0n) is 11.5. The number of H-pyrrole nitrogens is 1. The number of rotatable bonds is 3. The maximum absolute atomic E-state index is 5.13. The topological polar surface area (TPSA) is 58.0 Å². The zero-order chi connectivity index (χ0) is 13.2. The minimum absolute atomic E-state index is 0.510. The Hall–Kier alpha value is -1.62. The van der Waals surface area contributed by atoms with E-state index in [1.54, 1.807) is 0 Å². The number of aryl methyl sites for hydroxylation is 2. The second-order valence-electron chi connectivity index (χ2n) is 5.45. The van der Waals surface area contributed by atoms with Gasteiger partial charge in [0.25, 0.3) is 0 Å². The van der Waals surface area contributed by atoms with E-state index in [0.717, 1.165) is 42.6 Å². The van der Waals surface area contributed by atoms with Crippen LogP contribution in [-0.4, -0.2) is 33.1 Å². The third-order valence-electron chi connectivity index (χ3n) is 3.68. The van der Waals surface area contributed by atoms with E-state index in [1.807, 2.05) is 19.2 Å². The van der Waals surface area contributed by atoms with Crippen molar-refractivity contribution in [2.24, 2.45) is 0 Å². The van der Waals surface area contributed by atoms with E-state index in [4.69, 9.17) is 4.52 Å². The number of aromatic nitrogens is 3. The van der Waals surface area contributed by atoms with Crippen LogP contribution in [0.2, 0.25) is 0 Å². The summed E-state index contributed by atoms with van der Waals surface area (Å²) in [5.74, 6) is 2.51. The molecule has 2 aromatic rings. The van der Waals surface area contributed by atoms with Crippen LogP contribution in [-0.2, 0) is 6.54 Å². The van der Waals surface area contributed by atoms with Crippen LogP contribution in [0.15, 0.2) is 16.8 Å². The van der Waals surface area contributed by atoms with Gasteiger partial charge >= 0.3 is 0 Å². The van der Waals surface area contributed by atoms with Gasteiger partial charge in [-0.25, -0.2) is 4.98 Å². The average Bonchev–Trinajstić information content (AvgIpc) is 2.99. The van der Waals surface area contributed by atoms with Gasteiger partial charge in [0.05, 0.1) is 5.69 Å². The fourth-order valence-electron chi connectivity index (χ4n) is 2.78. The molecule has 2 aromatic heterocycles. The molecule has 1 atom stereocenters. The first-order chi connectivity index (χ1) is 9.20. The first-order valence-electron chi connectivity index (χ1n) is 6.87. The van der Waals surface area contributed by atoms with Gasteiger partial charge < -0.3 is 9.51 Å². The van der Waals surface area contributed by atoms with Crippen LogP contribution < -0.4 is 0 Å². The number of nitrogens with one attached hydrogen (secondary N) is 1. The standard InChI is InChI=1S/C14H20N4O/c1-10-7-15-14(16-10)12-4-3-5-18(8-12)9-13-6-11(2)19-17-13/h6-7,12H,3-5,8-9H2,1-2H3,(H,15,16)/t12-/m1/s1. The first kappa shape index (κ1) is 12.4. The Morgan fingerprint density at radius 2 is 2.37 bits per heavy atom. The van der Waals surface area contributed by atoms with Crippen molar-refractivity contribution in [1.82, 2.24) is 20.0 Å². The summed E-state index contributed by atoms with van der Waals surface area (Å²) >= 11 is 0. The molecule has 0 radical (unpaired) electrons. The van der Waals surface area contributed by atoms with Crippen molar-refractivity contribution in [2.75, 3.05) is 13.1 Å². The highest BCUT2D eigenvalue weighted by molar-refractivity contribution is 5.07. The third-order valence-corrected chi connectivity index (χ3v) is 3.68. The minimum atomic E-state index is 0.510. The van der Waals surface area contributed by atoms with Gasteiger partial charge in [0.2, 0.25) is 0 Å². The van der Waals surface area contributed by atoms with Crippen molar-refractivity contribution in [1.29, 1.82) is 0 Å². The van der Waals surface area contributed by atoms with Gasteiger partial charge in [0.15, 0.2) is 0 Å². The molecule has 5 nitrogen and oxygen atoms in total. The Morgan fingerprint density at radius 3 is 3.05 bits per heavy atom. The van der Waals surface area contributed by atoms with Gasteiger partial charge in [-0.15, -0.1) is 0 Å². The van der Waals surface area contributed by atoms with Crippen molar-refractivity contribution >= 4 is 0 Å². The number of nitrogens with zero attached hydrogens (tertiary/aromatic N) is 3. The molecule has 5 heteroatoms. The maximum atomic E-state index is 5.13. The third kappa shape index (κ3) is 2.87. The Bertz CT molecular complexity index is 545. The highest BCUT2D eigenvalue weighted by Gasteiger charge is 2.23. The molecule has 19 heavy (non-hydrogen) atoms. The van der Waals surface area contributed by atoms with Crippen molar-refractivity contribution in [2.45, 2.75) is 39.2 Å². The predicted molar refractivity (Wildman–Crippen MR) is 71.8 cm³/mol. The second kappa shape index (κ2) is 5.17. The molecule has 0 saturated carbocycles. The van der Waals surface area contributed by atoms with Gasteiger partial charge in [-0.3, -0.25) is 4.90 Å². The Labute approximate surface area is 113 Å². The molecule has 3 heterocycles. The molecular weight excluding hydrogens is 240 g/mol. The molecule has 1 N–H and O–H groups in total. The van der Waals surface area contributed by atoms with Crippen molar-refractivity contribution in [3.63, 3.8) is 0 Å². The monoisotopic (exact) mass is 260 g/mol. The normalized spacial score (nSPS) is 20.8. The molecule has 1 aliphatic heterocycles. The first-order valence-corrected chi connectivity index (χ1v) is 6.87. The van der Waals surface area contributed by atoms with Crippen LogP contribution in [0.3, 0.4) is 0 Å².